The lowest BCUT2D eigenvalue weighted by Gasteiger charge is -2.35. The molecule has 13 aromatic rings. The molecule has 0 atom stereocenters. The molecule has 0 unspecified atom stereocenters. The lowest BCUT2D eigenvalue weighted by atomic mass is 9.92. The van der Waals surface area contributed by atoms with E-state index in [0.717, 1.165) is 60.4 Å². The fraction of sp³-hybridized carbons (Fsp3) is 0. The molecule has 0 saturated carbocycles. The lowest BCUT2D eigenvalue weighted by molar-refractivity contribution is 1.17. The molecule has 11 aromatic carbocycles. The van der Waals surface area contributed by atoms with Crippen molar-refractivity contribution in [3.63, 3.8) is 0 Å². The molecule has 0 amide bonds. The molecule has 0 fully saturated rings. The summed E-state index contributed by atoms with van der Waals surface area (Å²) in [6, 6.07) is 78.9. The summed E-state index contributed by atoms with van der Waals surface area (Å²) < 4.78 is 71.7. The van der Waals surface area contributed by atoms with Crippen LogP contribution in [0.25, 0.3) is 88.4 Å². The van der Waals surface area contributed by atoms with Crippen molar-refractivity contribution in [2.24, 2.45) is 0 Å². The Kier molecular flexibility index (Phi) is 8.21. The van der Waals surface area contributed by atoms with E-state index in [1.807, 2.05) is 114 Å². The second kappa shape index (κ2) is 16.8. The van der Waals surface area contributed by atoms with Gasteiger partial charge in [-0.1, -0.05) is 230 Å². The van der Waals surface area contributed by atoms with Gasteiger partial charge in [0.05, 0.1) is 37.3 Å². The summed E-state index contributed by atoms with van der Waals surface area (Å²) in [6.07, 6.45) is 0. The first-order chi connectivity index (χ1) is 37.2. The second-order valence-corrected chi connectivity index (χ2v) is 21.2. The van der Waals surface area contributed by atoms with E-state index in [2.05, 4.69) is 127 Å². The Morgan fingerprint density at radius 3 is 1.51 bits per heavy atom. The standard InChI is InChI=1S/C66H46N2Si/c1-6-24-47(25-7-1)49-44-50(56-35-17-16-34-55(56)48-26-8-2-9-27-48)46-51(45-49)67-59-38-20-18-36-57(59)65-61(67)40-22-41-62(65)68-60-39-21-19-37-58(60)66-63(68)42-23-43-64(66)69(52-28-10-3-11-29-52,53-30-12-4-13-31-53)54-32-14-5-15-33-54/h1-46H/i18D,20D,22D,36D,38D,40D,41D. The van der Waals surface area contributed by atoms with Gasteiger partial charge < -0.3 is 9.13 Å². The summed E-state index contributed by atoms with van der Waals surface area (Å²) >= 11 is 0. The van der Waals surface area contributed by atoms with E-state index < -0.39 is 20.2 Å². The number of benzene rings is 11. The van der Waals surface area contributed by atoms with Gasteiger partial charge in [0.1, 0.15) is 0 Å². The van der Waals surface area contributed by atoms with E-state index >= 15 is 0 Å². The van der Waals surface area contributed by atoms with Crippen LogP contribution in [0.5, 0.6) is 0 Å². The zero-order chi connectivity index (χ0) is 51.8. The molecule has 0 aliphatic rings. The van der Waals surface area contributed by atoms with Gasteiger partial charge in [-0.15, -0.1) is 0 Å². The second-order valence-electron chi connectivity index (χ2n) is 17.5. The van der Waals surface area contributed by atoms with Crippen LogP contribution in [0.3, 0.4) is 0 Å². The van der Waals surface area contributed by atoms with Crippen LogP contribution in [0.1, 0.15) is 9.60 Å². The Labute approximate surface area is 413 Å². The molecule has 0 spiro atoms. The highest BCUT2D eigenvalue weighted by molar-refractivity contribution is 7.20. The van der Waals surface area contributed by atoms with Crippen LogP contribution >= 0.6 is 0 Å². The van der Waals surface area contributed by atoms with Gasteiger partial charge in [0.25, 0.3) is 0 Å². The summed E-state index contributed by atoms with van der Waals surface area (Å²) in [5, 5.41) is 7.04. The van der Waals surface area contributed by atoms with Crippen molar-refractivity contribution >= 4 is 72.4 Å². The van der Waals surface area contributed by atoms with Crippen LogP contribution < -0.4 is 20.7 Å². The minimum absolute atomic E-state index is 0.151. The number of aromatic nitrogens is 2. The zero-order valence-electron chi connectivity index (χ0n) is 44.4. The topological polar surface area (TPSA) is 9.86 Å². The highest BCUT2D eigenvalue weighted by Crippen LogP contribution is 2.42. The van der Waals surface area contributed by atoms with Gasteiger partial charge >= 0.3 is 0 Å². The highest BCUT2D eigenvalue weighted by Gasteiger charge is 2.43. The summed E-state index contributed by atoms with van der Waals surface area (Å²) in [6.45, 7) is 0. The normalized spacial score (nSPS) is 13.2. The number of nitrogens with zero attached hydrogens (tertiary/aromatic N) is 2. The molecule has 69 heavy (non-hydrogen) atoms. The van der Waals surface area contributed by atoms with Gasteiger partial charge in [0, 0.05) is 27.2 Å². The fourth-order valence-electron chi connectivity index (χ4n) is 10.9. The van der Waals surface area contributed by atoms with Crippen LogP contribution in [-0.4, -0.2) is 17.2 Å². The smallest absolute Gasteiger partial charge is 0.180 e. The highest BCUT2D eigenvalue weighted by atomic mass is 28.3. The summed E-state index contributed by atoms with van der Waals surface area (Å²) in [5.41, 5.74) is 8.26. The Hall–Kier alpha value is -8.76. The quantitative estimate of drug-likeness (QED) is 0.101. The minimum Gasteiger partial charge on any atom is -0.309 e. The van der Waals surface area contributed by atoms with Crippen LogP contribution in [-0.2, 0) is 0 Å². The molecule has 0 saturated heterocycles. The number of fused-ring (bicyclic) bond motifs is 6. The molecule has 0 aliphatic heterocycles. The molecular formula is C66H46N2Si. The van der Waals surface area contributed by atoms with Crippen molar-refractivity contribution in [2.45, 2.75) is 0 Å². The van der Waals surface area contributed by atoms with E-state index in [-0.39, 0.29) is 57.7 Å². The first-order valence-electron chi connectivity index (χ1n) is 26.8. The molecule has 3 heteroatoms. The maximum absolute atomic E-state index is 10.1. The van der Waals surface area contributed by atoms with E-state index in [1.165, 1.54) is 15.6 Å². The molecule has 2 heterocycles. The van der Waals surface area contributed by atoms with Crippen LogP contribution in [0.15, 0.2) is 279 Å². The van der Waals surface area contributed by atoms with E-state index in [4.69, 9.17) is 0 Å². The fourth-order valence-corrected chi connectivity index (χ4v) is 15.9. The van der Waals surface area contributed by atoms with Crippen molar-refractivity contribution in [3.8, 4) is 44.8 Å². The first kappa shape index (κ1) is 33.7. The number of hydrogen-bond donors (Lipinski definition) is 0. The Balaban J connectivity index is 1.20. The van der Waals surface area contributed by atoms with E-state index in [9.17, 15) is 9.60 Å². The Morgan fingerprint density at radius 2 is 0.841 bits per heavy atom. The predicted octanol–water partition coefficient (Wildman–Crippen LogP) is 14.3. The van der Waals surface area contributed by atoms with Crippen molar-refractivity contribution in [1.29, 1.82) is 0 Å². The third kappa shape index (κ3) is 6.54. The molecule has 0 aliphatic carbocycles. The van der Waals surface area contributed by atoms with Crippen molar-refractivity contribution in [1.82, 2.24) is 9.13 Å². The van der Waals surface area contributed by atoms with Gasteiger partial charge in [-0.3, -0.25) is 0 Å². The molecule has 2 aromatic heterocycles. The van der Waals surface area contributed by atoms with Crippen molar-refractivity contribution in [3.05, 3.63) is 279 Å². The number of hydrogen-bond acceptors (Lipinski definition) is 0. The maximum atomic E-state index is 10.1. The average Bonchev–Trinajstić information content (AvgIpc) is 4.24. The van der Waals surface area contributed by atoms with Crippen LogP contribution in [0, 0.1) is 0 Å². The molecule has 0 N–H and O–H groups in total. The van der Waals surface area contributed by atoms with E-state index in [1.54, 1.807) is 4.57 Å². The van der Waals surface area contributed by atoms with Gasteiger partial charge in [0.15, 0.2) is 8.07 Å². The predicted molar refractivity (Wildman–Crippen MR) is 295 cm³/mol. The SMILES string of the molecule is [2H]c1c([2H])c([2H])c2c(c1[2H])c1c(-n3c4ccccc4c4c([Si](c5ccccc5)(c5ccccc5)c5ccccc5)cccc43)c([2H])c([2H])c([2H])c1n2-c1cc(-c2ccccc2)cc(-c2ccccc2-c2ccccc2)c1. The molecule has 2 nitrogen and oxygen atoms in total. The third-order valence-electron chi connectivity index (χ3n) is 13.8. The Morgan fingerprint density at radius 1 is 0.319 bits per heavy atom. The summed E-state index contributed by atoms with van der Waals surface area (Å²) in [5.74, 6) is 0. The number of rotatable bonds is 9. The van der Waals surface area contributed by atoms with Gasteiger partial charge in [-0.2, -0.15) is 0 Å². The van der Waals surface area contributed by atoms with Crippen LogP contribution in [0.4, 0.5) is 0 Å². The summed E-state index contributed by atoms with van der Waals surface area (Å²) in [7, 11) is -3.19. The largest absolute Gasteiger partial charge is 0.309 e. The lowest BCUT2D eigenvalue weighted by Crippen LogP contribution is -2.74. The average molecular weight is 902 g/mol. The number of para-hydroxylation sites is 2. The molecular weight excluding hydrogens is 849 g/mol. The van der Waals surface area contributed by atoms with Crippen molar-refractivity contribution in [2.75, 3.05) is 0 Å². The molecule has 13 rings (SSSR count). The van der Waals surface area contributed by atoms with Gasteiger partial charge in [0.2, 0.25) is 0 Å². The third-order valence-corrected chi connectivity index (χ3v) is 18.6. The van der Waals surface area contributed by atoms with E-state index in [0.29, 0.717) is 5.69 Å². The minimum atomic E-state index is -3.19. The Bertz CT molecular complexity index is 4310. The molecule has 0 radical (unpaired) electrons. The monoisotopic (exact) mass is 901 g/mol. The summed E-state index contributed by atoms with van der Waals surface area (Å²) in [4.78, 5) is 0. The molecule has 324 valence electrons. The van der Waals surface area contributed by atoms with Gasteiger partial charge in [-0.05, 0) is 103 Å². The molecule has 0 bridgehead atoms. The van der Waals surface area contributed by atoms with Gasteiger partial charge in [-0.25, -0.2) is 0 Å². The van der Waals surface area contributed by atoms with Crippen LogP contribution in [0.2, 0.25) is 0 Å². The first-order valence-corrected chi connectivity index (χ1v) is 25.3. The van der Waals surface area contributed by atoms with Crippen molar-refractivity contribution < 1.29 is 9.60 Å². The maximum Gasteiger partial charge on any atom is 0.180 e. The zero-order valence-corrected chi connectivity index (χ0v) is 38.4.